The lowest BCUT2D eigenvalue weighted by Crippen LogP contribution is -2.38. The van der Waals surface area contributed by atoms with E-state index in [0.29, 0.717) is 43.1 Å². The van der Waals surface area contributed by atoms with Crippen LogP contribution in [0.3, 0.4) is 0 Å². The minimum Gasteiger partial charge on any atom is -0.490 e. The van der Waals surface area contributed by atoms with Gasteiger partial charge in [-0.25, -0.2) is 0 Å². The fourth-order valence-electron chi connectivity index (χ4n) is 3.65. The first-order valence-electron chi connectivity index (χ1n) is 10.4. The second kappa shape index (κ2) is 10.0. The normalized spacial score (nSPS) is 14.3. The largest absolute Gasteiger partial charge is 0.490 e. The van der Waals surface area contributed by atoms with Gasteiger partial charge in [0.05, 0.1) is 24.6 Å². The number of carbonyl (C=O) groups excluding carboxylic acids is 2. The van der Waals surface area contributed by atoms with Crippen molar-refractivity contribution in [3.63, 3.8) is 0 Å². The quantitative estimate of drug-likeness (QED) is 0.694. The van der Waals surface area contributed by atoms with Crippen LogP contribution < -0.4 is 25.4 Å². The Morgan fingerprint density at radius 3 is 2.37 bits per heavy atom. The highest BCUT2D eigenvalue weighted by Crippen LogP contribution is 2.32. The number of nitrogens with zero attached hydrogens (tertiary/aromatic N) is 1. The summed E-state index contributed by atoms with van der Waals surface area (Å²) in [5.41, 5.74) is 7.59. The van der Waals surface area contributed by atoms with Crippen LogP contribution >= 0.6 is 0 Å². The molecule has 3 rings (SSSR count). The molecule has 0 bridgehead atoms. The molecule has 2 amide bonds. The van der Waals surface area contributed by atoms with Gasteiger partial charge in [0.2, 0.25) is 5.91 Å². The van der Waals surface area contributed by atoms with E-state index in [0.717, 1.165) is 24.5 Å². The monoisotopic (exact) mass is 411 g/mol. The summed E-state index contributed by atoms with van der Waals surface area (Å²) in [6.07, 6.45) is 1.43. The molecule has 0 unspecified atom stereocenters. The molecule has 2 aromatic carbocycles. The van der Waals surface area contributed by atoms with Crippen molar-refractivity contribution >= 4 is 23.2 Å². The van der Waals surface area contributed by atoms with Crippen molar-refractivity contribution < 1.29 is 19.1 Å². The van der Waals surface area contributed by atoms with Crippen LogP contribution in [0.25, 0.3) is 0 Å². The molecule has 160 valence electrons. The number of carbonyl (C=O) groups is 2. The third-order valence-electron chi connectivity index (χ3n) is 5.20. The van der Waals surface area contributed by atoms with Gasteiger partial charge in [-0.3, -0.25) is 9.59 Å². The van der Waals surface area contributed by atoms with E-state index >= 15 is 0 Å². The van der Waals surface area contributed by atoms with E-state index in [2.05, 4.69) is 10.2 Å². The average molecular weight is 412 g/mol. The van der Waals surface area contributed by atoms with Gasteiger partial charge in [0, 0.05) is 24.6 Å². The highest BCUT2D eigenvalue weighted by Gasteiger charge is 2.24. The standard InChI is InChI=1S/C23H29N3O4/c1-3-29-20-10-9-17(15-21(20)30-4-2)23(28)25-18-7-5-6-8-19(18)26-13-11-16(12-14-26)22(24)27/h5-10,15-16H,3-4,11-14H2,1-2H3,(H2,24,27)(H,25,28). The lowest BCUT2D eigenvalue weighted by Gasteiger charge is -2.33. The molecule has 0 aromatic heterocycles. The van der Waals surface area contributed by atoms with Crippen molar-refractivity contribution in [2.24, 2.45) is 11.7 Å². The summed E-state index contributed by atoms with van der Waals surface area (Å²) in [5.74, 6) is 0.626. The Kier molecular flexibility index (Phi) is 7.17. The Morgan fingerprint density at radius 1 is 1.03 bits per heavy atom. The van der Waals surface area contributed by atoms with Crippen molar-refractivity contribution in [3.8, 4) is 11.5 Å². The number of amides is 2. The van der Waals surface area contributed by atoms with Gasteiger partial charge in [-0.1, -0.05) is 12.1 Å². The Bertz CT molecular complexity index is 892. The van der Waals surface area contributed by atoms with Gasteiger partial charge in [-0.05, 0) is 57.0 Å². The summed E-state index contributed by atoms with van der Waals surface area (Å²) in [6.45, 7) is 6.23. The molecule has 0 radical (unpaired) electrons. The van der Waals surface area contributed by atoms with Crippen LogP contribution in [0, 0.1) is 5.92 Å². The highest BCUT2D eigenvalue weighted by atomic mass is 16.5. The zero-order valence-corrected chi connectivity index (χ0v) is 17.5. The van der Waals surface area contributed by atoms with Gasteiger partial charge in [-0.15, -0.1) is 0 Å². The molecule has 1 fully saturated rings. The van der Waals surface area contributed by atoms with Crippen molar-refractivity contribution in [2.45, 2.75) is 26.7 Å². The van der Waals surface area contributed by atoms with Gasteiger partial charge in [0.25, 0.3) is 5.91 Å². The fourth-order valence-corrected chi connectivity index (χ4v) is 3.65. The van der Waals surface area contributed by atoms with Crippen LogP contribution in [0.2, 0.25) is 0 Å². The second-order valence-corrected chi connectivity index (χ2v) is 7.16. The SMILES string of the molecule is CCOc1ccc(C(=O)Nc2ccccc2N2CCC(C(N)=O)CC2)cc1OCC. The van der Waals surface area contributed by atoms with E-state index in [9.17, 15) is 9.59 Å². The maximum absolute atomic E-state index is 12.9. The first-order valence-corrected chi connectivity index (χ1v) is 10.4. The van der Waals surface area contributed by atoms with Crippen LogP contribution in [0.1, 0.15) is 37.0 Å². The van der Waals surface area contributed by atoms with E-state index in [1.807, 2.05) is 38.1 Å². The molecule has 0 aliphatic carbocycles. The lowest BCUT2D eigenvalue weighted by molar-refractivity contribution is -0.122. The van der Waals surface area contributed by atoms with E-state index in [1.165, 1.54) is 0 Å². The van der Waals surface area contributed by atoms with Crippen molar-refractivity contribution in [3.05, 3.63) is 48.0 Å². The molecular weight excluding hydrogens is 382 g/mol. The van der Waals surface area contributed by atoms with Crippen molar-refractivity contribution in [2.75, 3.05) is 36.5 Å². The van der Waals surface area contributed by atoms with E-state index in [4.69, 9.17) is 15.2 Å². The van der Waals surface area contributed by atoms with Gasteiger partial charge < -0.3 is 25.4 Å². The van der Waals surface area contributed by atoms with Gasteiger partial charge in [0.1, 0.15) is 0 Å². The molecule has 1 heterocycles. The number of anilines is 2. The maximum Gasteiger partial charge on any atom is 0.255 e. The number of primary amides is 1. The number of rotatable bonds is 8. The summed E-state index contributed by atoms with van der Waals surface area (Å²) >= 11 is 0. The molecule has 1 aliphatic rings. The average Bonchev–Trinajstić information content (AvgIpc) is 2.75. The number of piperidine rings is 1. The number of para-hydroxylation sites is 2. The number of nitrogens with two attached hydrogens (primary N) is 1. The molecule has 0 saturated carbocycles. The topological polar surface area (TPSA) is 93.9 Å². The predicted molar refractivity (Wildman–Crippen MR) is 117 cm³/mol. The predicted octanol–water partition coefficient (Wildman–Crippen LogP) is 3.44. The lowest BCUT2D eigenvalue weighted by atomic mass is 9.96. The third kappa shape index (κ3) is 5.03. The Labute approximate surface area is 177 Å². The van der Waals surface area contributed by atoms with Crippen molar-refractivity contribution in [1.29, 1.82) is 0 Å². The van der Waals surface area contributed by atoms with Gasteiger partial charge in [0.15, 0.2) is 11.5 Å². The Morgan fingerprint density at radius 2 is 1.70 bits per heavy atom. The molecule has 0 spiro atoms. The first-order chi connectivity index (χ1) is 14.5. The Hall–Kier alpha value is -3.22. The summed E-state index contributed by atoms with van der Waals surface area (Å²) in [7, 11) is 0. The third-order valence-corrected chi connectivity index (χ3v) is 5.20. The molecule has 3 N–H and O–H groups in total. The second-order valence-electron chi connectivity index (χ2n) is 7.16. The minimum atomic E-state index is -0.239. The van der Waals surface area contributed by atoms with Crippen LogP contribution in [-0.2, 0) is 4.79 Å². The maximum atomic E-state index is 12.9. The number of hydrogen-bond donors (Lipinski definition) is 2. The van der Waals surface area contributed by atoms with E-state index < -0.39 is 0 Å². The summed E-state index contributed by atoms with van der Waals surface area (Å²) in [6, 6.07) is 12.9. The van der Waals surface area contributed by atoms with Gasteiger partial charge in [-0.2, -0.15) is 0 Å². The van der Waals surface area contributed by atoms with Crippen LogP contribution in [0.15, 0.2) is 42.5 Å². The van der Waals surface area contributed by atoms with Crippen molar-refractivity contribution in [1.82, 2.24) is 0 Å². The molecule has 0 atom stereocenters. The van der Waals surface area contributed by atoms with E-state index in [-0.39, 0.29) is 17.7 Å². The van der Waals surface area contributed by atoms with E-state index in [1.54, 1.807) is 18.2 Å². The summed E-state index contributed by atoms with van der Waals surface area (Å²) < 4.78 is 11.2. The van der Waals surface area contributed by atoms with Crippen LogP contribution in [-0.4, -0.2) is 38.1 Å². The highest BCUT2D eigenvalue weighted by molar-refractivity contribution is 6.06. The zero-order chi connectivity index (χ0) is 21.5. The molecule has 7 nitrogen and oxygen atoms in total. The number of nitrogens with one attached hydrogen (secondary N) is 1. The zero-order valence-electron chi connectivity index (χ0n) is 17.5. The minimum absolute atomic E-state index is 0.0798. The summed E-state index contributed by atoms with van der Waals surface area (Å²) in [5, 5.41) is 3.01. The fraction of sp³-hybridized carbons (Fsp3) is 0.391. The molecular formula is C23H29N3O4. The smallest absolute Gasteiger partial charge is 0.255 e. The first kappa shape index (κ1) is 21.5. The Balaban J connectivity index is 1.76. The number of hydrogen-bond acceptors (Lipinski definition) is 5. The number of benzene rings is 2. The molecule has 1 aliphatic heterocycles. The molecule has 7 heteroatoms. The molecule has 30 heavy (non-hydrogen) atoms. The van der Waals surface area contributed by atoms with Gasteiger partial charge >= 0.3 is 0 Å². The molecule has 1 saturated heterocycles. The summed E-state index contributed by atoms with van der Waals surface area (Å²) in [4.78, 5) is 26.5. The molecule has 2 aromatic rings. The van der Waals surface area contributed by atoms with Crippen LogP contribution in [0.5, 0.6) is 11.5 Å². The van der Waals surface area contributed by atoms with Crippen LogP contribution in [0.4, 0.5) is 11.4 Å². The number of ether oxygens (including phenoxy) is 2.